The molecule has 2 aromatic carbocycles. The van der Waals surface area contributed by atoms with Crippen molar-refractivity contribution in [2.45, 2.75) is 20.0 Å². The molecule has 1 N–H and O–H groups in total. The van der Waals surface area contributed by atoms with Crippen LogP contribution in [0.4, 0.5) is 23.0 Å². The number of fused-ring (bicyclic) bond motifs is 1. The van der Waals surface area contributed by atoms with Crippen LogP contribution in [-0.4, -0.2) is 83.0 Å². The van der Waals surface area contributed by atoms with Gasteiger partial charge in [-0.3, -0.25) is 14.8 Å². The van der Waals surface area contributed by atoms with Gasteiger partial charge in [0.25, 0.3) is 5.69 Å². The van der Waals surface area contributed by atoms with Crippen molar-refractivity contribution in [3.05, 3.63) is 58.3 Å². The number of esters is 1. The van der Waals surface area contributed by atoms with Gasteiger partial charge in [0.2, 0.25) is 5.95 Å². The lowest BCUT2D eigenvalue weighted by Crippen LogP contribution is -2.29. The highest BCUT2D eigenvalue weighted by atomic mass is 16.6. The standard InChI is InChI=1S/C28H34N8O5/c1-17(2)41-27(37)19-16-29-28(31-25(19)26-18-10-8-9-11-21(18)35(6)32-26)30-20-14-23(36(38)39)22(15-24(20)40-7)34(5)13-12-33(3)4/h8-11,14-17H,12-13H2,1-7H3,(H,29,30,31). The molecule has 13 heteroatoms. The lowest BCUT2D eigenvalue weighted by molar-refractivity contribution is -0.384. The first kappa shape index (κ1) is 29.2. The van der Waals surface area contributed by atoms with Gasteiger partial charge in [0.15, 0.2) is 0 Å². The molecule has 4 aromatic rings. The number of anilines is 3. The highest BCUT2D eigenvalue weighted by Crippen LogP contribution is 2.39. The van der Waals surface area contributed by atoms with E-state index in [1.807, 2.05) is 43.3 Å². The maximum absolute atomic E-state index is 13.0. The topological polar surface area (TPSA) is 141 Å². The van der Waals surface area contributed by atoms with Crippen LogP contribution in [0.25, 0.3) is 22.3 Å². The number of aromatic nitrogens is 4. The summed E-state index contributed by atoms with van der Waals surface area (Å²) in [6.07, 6.45) is 1.01. The third kappa shape index (κ3) is 6.35. The van der Waals surface area contributed by atoms with E-state index in [0.717, 1.165) is 10.9 Å². The lowest BCUT2D eigenvalue weighted by Gasteiger charge is -2.22. The second-order valence-corrected chi connectivity index (χ2v) is 10.0. The van der Waals surface area contributed by atoms with Crippen LogP contribution < -0.4 is 15.0 Å². The summed E-state index contributed by atoms with van der Waals surface area (Å²) in [6.45, 7) is 4.79. The second-order valence-electron chi connectivity index (χ2n) is 10.0. The molecule has 0 atom stereocenters. The van der Waals surface area contributed by atoms with Crippen LogP contribution in [0.3, 0.4) is 0 Å². The third-order valence-electron chi connectivity index (χ3n) is 6.37. The highest BCUT2D eigenvalue weighted by molar-refractivity contribution is 6.01. The number of para-hydroxylation sites is 1. The van der Waals surface area contributed by atoms with E-state index in [1.165, 1.54) is 19.4 Å². The molecule has 2 aromatic heterocycles. The molecular formula is C28H34N8O5. The summed E-state index contributed by atoms with van der Waals surface area (Å²) in [6, 6.07) is 10.6. The molecule has 0 unspecified atom stereocenters. The smallest absolute Gasteiger partial charge is 0.342 e. The number of nitro benzene ring substituents is 1. The van der Waals surface area contributed by atoms with Crippen LogP contribution in [0.15, 0.2) is 42.6 Å². The summed E-state index contributed by atoms with van der Waals surface area (Å²) in [7, 11) is 8.95. The Labute approximate surface area is 237 Å². The number of carbonyl (C=O) groups is 1. The molecule has 0 saturated heterocycles. The van der Waals surface area contributed by atoms with Crippen LogP contribution >= 0.6 is 0 Å². The van der Waals surface area contributed by atoms with E-state index >= 15 is 0 Å². The van der Waals surface area contributed by atoms with E-state index in [9.17, 15) is 14.9 Å². The second kappa shape index (κ2) is 12.2. The predicted molar refractivity (Wildman–Crippen MR) is 157 cm³/mol. The number of hydrogen-bond donors (Lipinski definition) is 1. The molecule has 0 saturated carbocycles. The van der Waals surface area contributed by atoms with Crippen LogP contribution in [0.1, 0.15) is 24.2 Å². The van der Waals surface area contributed by atoms with Gasteiger partial charge in [-0.15, -0.1) is 0 Å². The Balaban J connectivity index is 1.81. The molecule has 2 heterocycles. The molecule has 41 heavy (non-hydrogen) atoms. The van der Waals surface area contributed by atoms with E-state index in [1.54, 1.807) is 43.6 Å². The van der Waals surface area contributed by atoms with Crippen molar-refractivity contribution in [3.8, 4) is 17.1 Å². The number of carbonyl (C=O) groups excluding carboxylic acids is 1. The van der Waals surface area contributed by atoms with E-state index in [0.29, 0.717) is 35.9 Å². The molecule has 0 amide bonds. The Kier molecular flexibility index (Phi) is 8.67. The highest BCUT2D eigenvalue weighted by Gasteiger charge is 2.25. The zero-order chi connectivity index (χ0) is 29.8. The number of nitrogens with zero attached hydrogens (tertiary/aromatic N) is 7. The first-order chi connectivity index (χ1) is 19.5. The van der Waals surface area contributed by atoms with Gasteiger partial charge in [0, 0.05) is 50.9 Å². The zero-order valence-electron chi connectivity index (χ0n) is 24.2. The minimum absolute atomic E-state index is 0.0946. The molecule has 0 radical (unpaired) electrons. The number of methoxy groups -OCH3 is 1. The van der Waals surface area contributed by atoms with Crippen molar-refractivity contribution >= 4 is 39.9 Å². The predicted octanol–water partition coefficient (Wildman–Crippen LogP) is 4.25. The number of hydrogen-bond acceptors (Lipinski definition) is 11. The Morgan fingerprint density at radius 1 is 1.15 bits per heavy atom. The van der Waals surface area contributed by atoms with Crippen LogP contribution in [0.2, 0.25) is 0 Å². The summed E-state index contributed by atoms with van der Waals surface area (Å²) in [5.41, 5.74) is 2.32. The SMILES string of the molecule is COc1cc(N(C)CCN(C)C)c([N+](=O)[O-])cc1Nc1ncc(C(=O)OC(C)C)c(-c2nn(C)c3ccccc23)n1. The van der Waals surface area contributed by atoms with Crippen molar-refractivity contribution in [1.82, 2.24) is 24.6 Å². The maximum atomic E-state index is 13.0. The normalized spacial score (nSPS) is 11.2. The van der Waals surface area contributed by atoms with E-state index < -0.39 is 10.9 Å². The van der Waals surface area contributed by atoms with E-state index in [4.69, 9.17) is 9.47 Å². The van der Waals surface area contributed by atoms with Crippen LogP contribution in [-0.2, 0) is 11.8 Å². The number of benzene rings is 2. The number of aryl methyl sites for hydroxylation is 1. The minimum atomic E-state index is -0.588. The van der Waals surface area contributed by atoms with Crippen molar-refractivity contribution in [3.63, 3.8) is 0 Å². The lowest BCUT2D eigenvalue weighted by atomic mass is 10.1. The maximum Gasteiger partial charge on any atom is 0.342 e. The van der Waals surface area contributed by atoms with Crippen molar-refractivity contribution in [1.29, 1.82) is 0 Å². The Bertz CT molecular complexity index is 1580. The Morgan fingerprint density at radius 2 is 1.88 bits per heavy atom. The van der Waals surface area contributed by atoms with Gasteiger partial charge in [-0.1, -0.05) is 18.2 Å². The largest absolute Gasteiger partial charge is 0.494 e. The summed E-state index contributed by atoms with van der Waals surface area (Å²) < 4.78 is 12.7. The number of nitrogens with one attached hydrogen (secondary N) is 1. The summed E-state index contributed by atoms with van der Waals surface area (Å²) >= 11 is 0. The molecule has 0 aliphatic rings. The van der Waals surface area contributed by atoms with Gasteiger partial charge in [0.1, 0.15) is 28.4 Å². The van der Waals surface area contributed by atoms with E-state index in [-0.39, 0.29) is 29.0 Å². The average Bonchev–Trinajstić information content (AvgIpc) is 3.27. The number of rotatable bonds is 11. The molecule has 0 fully saturated rings. The molecule has 13 nitrogen and oxygen atoms in total. The molecule has 216 valence electrons. The first-order valence-electron chi connectivity index (χ1n) is 13.0. The van der Waals surface area contributed by atoms with Crippen LogP contribution in [0.5, 0.6) is 5.75 Å². The van der Waals surface area contributed by atoms with Crippen LogP contribution in [0, 0.1) is 10.1 Å². The van der Waals surface area contributed by atoms with Crippen molar-refractivity contribution < 1.29 is 19.2 Å². The monoisotopic (exact) mass is 562 g/mol. The first-order valence-corrected chi connectivity index (χ1v) is 13.0. The van der Waals surface area contributed by atoms with Gasteiger partial charge in [0.05, 0.1) is 29.3 Å². The van der Waals surface area contributed by atoms with Gasteiger partial charge in [-0.2, -0.15) is 5.10 Å². The fraction of sp³-hybridized carbons (Fsp3) is 0.357. The summed E-state index contributed by atoms with van der Waals surface area (Å²) in [5, 5.41) is 20.5. The Morgan fingerprint density at radius 3 is 2.54 bits per heavy atom. The van der Waals surface area contributed by atoms with Gasteiger partial charge >= 0.3 is 5.97 Å². The quantitative estimate of drug-likeness (QED) is 0.159. The molecular weight excluding hydrogens is 528 g/mol. The van der Waals surface area contributed by atoms with E-state index in [2.05, 4.69) is 20.4 Å². The summed E-state index contributed by atoms with van der Waals surface area (Å²) in [4.78, 5) is 37.4. The molecule has 0 aliphatic heterocycles. The number of likely N-dealkylation sites (N-methyl/N-ethyl adjacent to an activating group) is 2. The fourth-order valence-corrected chi connectivity index (χ4v) is 4.31. The minimum Gasteiger partial charge on any atom is -0.494 e. The molecule has 4 rings (SSSR count). The summed E-state index contributed by atoms with van der Waals surface area (Å²) in [5.74, 6) is -0.134. The zero-order valence-corrected chi connectivity index (χ0v) is 24.2. The van der Waals surface area contributed by atoms with Gasteiger partial charge in [-0.25, -0.2) is 14.8 Å². The Hall–Kier alpha value is -4.78. The van der Waals surface area contributed by atoms with Gasteiger partial charge in [-0.05, 0) is 34.0 Å². The van der Waals surface area contributed by atoms with Crippen molar-refractivity contribution in [2.24, 2.45) is 7.05 Å². The number of nitro groups is 1. The number of ether oxygens (including phenoxy) is 2. The average molecular weight is 563 g/mol. The fourth-order valence-electron chi connectivity index (χ4n) is 4.31. The molecule has 0 bridgehead atoms. The molecule has 0 aliphatic carbocycles. The molecule has 0 spiro atoms. The van der Waals surface area contributed by atoms with Gasteiger partial charge < -0.3 is 24.6 Å². The van der Waals surface area contributed by atoms with Crippen molar-refractivity contribution in [2.75, 3.05) is 51.6 Å². The third-order valence-corrected chi connectivity index (χ3v) is 6.37.